The molecular weight excluding hydrogens is 470 g/mol. The van der Waals surface area contributed by atoms with Crippen molar-refractivity contribution >= 4 is 29.1 Å². The molecule has 0 bridgehead atoms. The highest BCUT2D eigenvalue weighted by molar-refractivity contribution is 8.02. The Bertz CT molecular complexity index is 1100. The van der Waals surface area contributed by atoms with Gasteiger partial charge in [-0.2, -0.15) is 13.2 Å². The predicted octanol–water partition coefficient (Wildman–Crippen LogP) is 5.33. The van der Waals surface area contributed by atoms with Gasteiger partial charge in [0.05, 0.1) is 23.6 Å². The summed E-state index contributed by atoms with van der Waals surface area (Å²) in [6.07, 6.45) is -4.19. The van der Waals surface area contributed by atoms with E-state index >= 15 is 0 Å². The second-order valence-corrected chi connectivity index (χ2v) is 9.80. The standard InChI is InChI=1S/C20H17F4N3O3S2/c1-19(2,17(28)29)32-18-25-12(10-31-18)7-8-30-16-6-5-15(26-27-16)13-4-3-11(9-14(13)21)20(22,23)24/h3-6,9-10H,7-8H2,1-2H3,(H,28,29). The fourth-order valence-electron chi connectivity index (χ4n) is 2.41. The molecule has 0 atom stereocenters. The molecule has 0 aliphatic rings. The minimum atomic E-state index is -4.63. The maximum Gasteiger partial charge on any atom is 0.416 e. The van der Waals surface area contributed by atoms with E-state index in [0.717, 1.165) is 29.6 Å². The SMILES string of the molecule is CC(C)(Sc1nc(CCOc2ccc(-c3ccc(C(F)(F)F)cc3F)nn2)cs1)C(=O)O. The van der Waals surface area contributed by atoms with Crippen molar-refractivity contribution < 1.29 is 32.2 Å². The average molecular weight is 488 g/mol. The number of rotatable bonds is 8. The molecule has 32 heavy (non-hydrogen) atoms. The van der Waals surface area contributed by atoms with Crippen LogP contribution in [0.5, 0.6) is 5.88 Å². The molecule has 0 radical (unpaired) electrons. The van der Waals surface area contributed by atoms with Crippen LogP contribution in [-0.2, 0) is 17.4 Å². The molecule has 6 nitrogen and oxygen atoms in total. The number of carboxylic acid groups (broad SMARTS) is 1. The van der Waals surface area contributed by atoms with Crippen LogP contribution in [-0.4, -0.2) is 37.6 Å². The lowest BCUT2D eigenvalue weighted by Gasteiger charge is -2.15. The summed E-state index contributed by atoms with van der Waals surface area (Å²) in [5.41, 5.74) is -0.378. The van der Waals surface area contributed by atoms with Crippen LogP contribution in [0.15, 0.2) is 40.1 Å². The maximum atomic E-state index is 14.1. The molecular formula is C20H17F4N3O3S2. The van der Waals surface area contributed by atoms with Crippen molar-refractivity contribution in [3.8, 4) is 17.1 Å². The third kappa shape index (κ3) is 5.94. The molecule has 1 N–H and O–H groups in total. The summed E-state index contributed by atoms with van der Waals surface area (Å²) in [4.78, 5) is 15.6. The number of hydrogen-bond acceptors (Lipinski definition) is 7. The maximum absolute atomic E-state index is 14.1. The number of aliphatic carboxylic acids is 1. The van der Waals surface area contributed by atoms with Crippen molar-refractivity contribution in [3.63, 3.8) is 0 Å². The number of carboxylic acids is 1. The van der Waals surface area contributed by atoms with Gasteiger partial charge in [0.15, 0.2) is 4.34 Å². The first-order chi connectivity index (χ1) is 15.0. The highest BCUT2D eigenvalue weighted by Gasteiger charge is 2.31. The minimum Gasteiger partial charge on any atom is -0.480 e. The van der Waals surface area contributed by atoms with Gasteiger partial charge in [-0.05, 0) is 38.1 Å². The Balaban J connectivity index is 1.57. The van der Waals surface area contributed by atoms with E-state index in [-0.39, 0.29) is 23.7 Å². The van der Waals surface area contributed by atoms with Crippen LogP contribution in [0.4, 0.5) is 17.6 Å². The molecule has 0 saturated heterocycles. The van der Waals surface area contributed by atoms with E-state index in [9.17, 15) is 27.5 Å². The average Bonchev–Trinajstić information content (AvgIpc) is 3.14. The molecule has 1 aromatic carbocycles. The fourth-order valence-corrected chi connectivity index (χ4v) is 4.64. The number of hydrogen-bond donors (Lipinski definition) is 1. The number of nitrogens with zero attached hydrogens (tertiary/aromatic N) is 3. The van der Waals surface area contributed by atoms with Crippen LogP contribution in [0, 0.1) is 5.82 Å². The van der Waals surface area contributed by atoms with E-state index in [1.165, 1.54) is 23.5 Å². The molecule has 12 heteroatoms. The molecule has 0 spiro atoms. The molecule has 0 amide bonds. The van der Waals surface area contributed by atoms with Gasteiger partial charge in [0.2, 0.25) is 5.88 Å². The summed E-state index contributed by atoms with van der Waals surface area (Å²) in [5.74, 6) is -1.82. The van der Waals surface area contributed by atoms with Crippen LogP contribution in [0.2, 0.25) is 0 Å². The summed E-state index contributed by atoms with van der Waals surface area (Å²) in [6.45, 7) is 3.42. The van der Waals surface area contributed by atoms with E-state index in [2.05, 4.69) is 15.2 Å². The normalized spacial score (nSPS) is 12.1. The first-order valence-corrected chi connectivity index (χ1v) is 10.9. The highest BCUT2D eigenvalue weighted by Crippen LogP contribution is 2.35. The molecule has 2 heterocycles. The highest BCUT2D eigenvalue weighted by atomic mass is 32.2. The van der Waals surface area contributed by atoms with Gasteiger partial charge in [-0.1, -0.05) is 11.8 Å². The van der Waals surface area contributed by atoms with Crippen LogP contribution < -0.4 is 4.74 Å². The monoisotopic (exact) mass is 487 g/mol. The molecule has 3 aromatic rings. The molecule has 0 unspecified atom stereocenters. The molecule has 2 aromatic heterocycles. The third-order valence-electron chi connectivity index (χ3n) is 4.21. The number of benzene rings is 1. The summed E-state index contributed by atoms with van der Waals surface area (Å²) in [5, 5.41) is 18.6. The van der Waals surface area contributed by atoms with Crippen molar-refractivity contribution in [3.05, 3.63) is 52.8 Å². The van der Waals surface area contributed by atoms with Crippen molar-refractivity contribution in [2.24, 2.45) is 0 Å². The van der Waals surface area contributed by atoms with Gasteiger partial charge in [-0.3, -0.25) is 4.79 Å². The zero-order valence-electron chi connectivity index (χ0n) is 16.8. The Kier molecular flexibility index (Phi) is 7.03. The largest absolute Gasteiger partial charge is 0.480 e. The lowest BCUT2D eigenvalue weighted by Crippen LogP contribution is -2.26. The Labute approximate surface area is 188 Å². The molecule has 3 rings (SSSR count). The number of halogens is 4. The quantitative estimate of drug-likeness (QED) is 0.339. The van der Waals surface area contributed by atoms with Gasteiger partial charge in [0.25, 0.3) is 0 Å². The molecule has 0 fully saturated rings. The van der Waals surface area contributed by atoms with Gasteiger partial charge in [0, 0.05) is 23.4 Å². The molecule has 0 saturated carbocycles. The number of aromatic nitrogens is 3. The van der Waals surface area contributed by atoms with Crippen LogP contribution in [0.3, 0.4) is 0 Å². The summed E-state index contributed by atoms with van der Waals surface area (Å²) in [6, 6.07) is 5.05. The first-order valence-electron chi connectivity index (χ1n) is 9.16. The lowest BCUT2D eigenvalue weighted by atomic mass is 10.1. The van der Waals surface area contributed by atoms with E-state index in [4.69, 9.17) is 4.74 Å². The fraction of sp³-hybridized carbons (Fsp3) is 0.300. The third-order valence-corrected chi connectivity index (χ3v) is 6.38. The number of carbonyl (C=O) groups is 1. The Morgan fingerprint density at radius 2 is 1.94 bits per heavy atom. The number of thioether (sulfide) groups is 1. The Morgan fingerprint density at radius 3 is 2.53 bits per heavy atom. The summed E-state index contributed by atoms with van der Waals surface area (Å²) < 4.78 is 57.2. The zero-order chi connectivity index (χ0) is 23.5. The topological polar surface area (TPSA) is 85.2 Å². The lowest BCUT2D eigenvalue weighted by molar-refractivity contribution is -0.139. The summed E-state index contributed by atoms with van der Waals surface area (Å²) >= 11 is 2.50. The van der Waals surface area contributed by atoms with Crippen LogP contribution in [0.25, 0.3) is 11.3 Å². The number of thiazole rings is 1. The smallest absolute Gasteiger partial charge is 0.416 e. The van der Waals surface area contributed by atoms with Gasteiger partial charge >= 0.3 is 12.1 Å². The second kappa shape index (κ2) is 9.41. The van der Waals surface area contributed by atoms with Gasteiger partial charge in [-0.15, -0.1) is 21.5 Å². The zero-order valence-corrected chi connectivity index (χ0v) is 18.4. The predicted molar refractivity (Wildman–Crippen MR) is 111 cm³/mol. The van der Waals surface area contributed by atoms with Gasteiger partial charge in [0.1, 0.15) is 10.6 Å². The van der Waals surface area contributed by atoms with Gasteiger partial charge in [-0.25, -0.2) is 9.37 Å². The van der Waals surface area contributed by atoms with E-state index in [1.807, 2.05) is 5.38 Å². The molecule has 0 aliphatic carbocycles. The van der Waals surface area contributed by atoms with Crippen molar-refractivity contribution in [2.45, 2.75) is 35.5 Å². The van der Waals surface area contributed by atoms with Crippen LogP contribution >= 0.6 is 23.1 Å². The number of alkyl halides is 3. The van der Waals surface area contributed by atoms with Crippen molar-refractivity contribution in [1.29, 1.82) is 0 Å². The molecule has 170 valence electrons. The minimum absolute atomic E-state index is 0.0748. The Hall–Kier alpha value is -2.73. The van der Waals surface area contributed by atoms with E-state index in [0.29, 0.717) is 16.8 Å². The van der Waals surface area contributed by atoms with Crippen molar-refractivity contribution in [2.75, 3.05) is 6.61 Å². The van der Waals surface area contributed by atoms with E-state index < -0.39 is 28.3 Å². The first kappa shape index (κ1) is 23.9. The van der Waals surface area contributed by atoms with Crippen molar-refractivity contribution in [1.82, 2.24) is 15.2 Å². The summed E-state index contributed by atoms with van der Waals surface area (Å²) in [7, 11) is 0. The Morgan fingerprint density at radius 1 is 1.19 bits per heavy atom. The second-order valence-electron chi connectivity index (χ2n) is 7.07. The van der Waals surface area contributed by atoms with Crippen LogP contribution in [0.1, 0.15) is 25.1 Å². The van der Waals surface area contributed by atoms with E-state index in [1.54, 1.807) is 13.8 Å². The van der Waals surface area contributed by atoms with Gasteiger partial charge < -0.3 is 9.84 Å². The molecule has 0 aliphatic heterocycles. The number of ether oxygens (including phenoxy) is 1.